The first-order valence-corrected chi connectivity index (χ1v) is 6.72. The fourth-order valence-corrected chi connectivity index (χ4v) is 2.39. The summed E-state index contributed by atoms with van der Waals surface area (Å²) in [5.74, 6) is -0.203. The largest absolute Gasteiger partial charge is 0.478 e. The second kappa shape index (κ2) is 5.26. The molecule has 1 heterocycles. The van der Waals surface area contributed by atoms with Crippen LogP contribution < -0.4 is 15.8 Å². The van der Waals surface area contributed by atoms with Crippen molar-refractivity contribution in [1.82, 2.24) is 0 Å². The monoisotopic (exact) mass is 306 g/mol. The molecule has 2 aromatic carbocycles. The van der Waals surface area contributed by atoms with E-state index in [0.29, 0.717) is 23.5 Å². The van der Waals surface area contributed by atoms with Gasteiger partial charge in [0.1, 0.15) is 11.6 Å². The Bertz CT molecular complexity index is 721. The molecule has 3 N–H and O–H groups in total. The molecule has 0 fully saturated rings. The SMILES string of the molecule is Nc1ccc2c(c1)NC(=O)C(Cc1ccc(F)c(Cl)c1)O2. The van der Waals surface area contributed by atoms with Crippen LogP contribution in [0.4, 0.5) is 15.8 Å². The average molecular weight is 307 g/mol. The van der Waals surface area contributed by atoms with Gasteiger partial charge in [-0.15, -0.1) is 0 Å². The van der Waals surface area contributed by atoms with Crippen LogP contribution in [0.2, 0.25) is 5.02 Å². The Kier molecular flexibility index (Phi) is 3.43. The molecule has 2 aromatic rings. The van der Waals surface area contributed by atoms with Crippen molar-refractivity contribution in [2.75, 3.05) is 11.1 Å². The summed E-state index contributed by atoms with van der Waals surface area (Å²) >= 11 is 5.74. The summed E-state index contributed by atoms with van der Waals surface area (Å²) in [5.41, 5.74) is 7.47. The Morgan fingerprint density at radius 2 is 2.10 bits per heavy atom. The molecular weight excluding hydrogens is 295 g/mol. The third-order valence-corrected chi connectivity index (χ3v) is 3.52. The molecule has 1 atom stereocenters. The number of benzene rings is 2. The van der Waals surface area contributed by atoms with Crippen LogP contribution in [-0.2, 0) is 11.2 Å². The van der Waals surface area contributed by atoms with Gasteiger partial charge < -0.3 is 15.8 Å². The van der Waals surface area contributed by atoms with E-state index in [1.807, 2.05) is 0 Å². The van der Waals surface area contributed by atoms with Crippen molar-refractivity contribution in [3.8, 4) is 5.75 Å². The maximum absolute atomic E-state index is 13.1. The molecule has 0 radical (unpaired) electrons. The number of amides is 1. The van der Waals surface area contributed by atoms with E-state index in [9.17, 15) is 9.18 Å². The topological polar surface area (TPSA) is 64.3 Å². The van der Waals surface area contributed by atoms with Gasteiger partial charge in [-0.2, -0.15) is 0 Å². The lowest BCUT2D eigenvalue weighted by Crippen LogP contribution is -2.38. The Balaban J connectivity index is 1.82. The molecule has 21 heavy (non-hydrogen) atoms. The third-order valence-electron chi connectivity index (χ3n) is 3.23. The average Bonchev–Trinajstić information content (AvgIpc) is 2.44. The minimum Gasteiger partial charge on any atom is -0.478 e. The minimum absolute atomic E-state index is 0.0249. The first-order chi connectivity index (χ1) is 10.0. The Morgan fingerprint density at radius 1 is 1.29 bits per heavy atom. The van der Waals surface area contributed by atoms with Gasteiger partial charge in [0, 0.05) is 12.1 Å². The normalized spacial score (nSPS) is 16.9. The zero-order valence-electron chi connectivity index (χ0n) is 10.9. The van der Waals surface area contributed by atoms with Crippen LogP contribution in [0.25, 0.3) is 0 Å². The summed E-state index contributed by atoms with van der Waals surface area (Å²) < 4.78 is 18.8. The van der Waals surface area contributed by atoms with Crippen LogP contribution in [0.3, 0.4) is 0 Å². The van der Waals surface area contributed by atoms with Gasteiger partial charge in [-0.25, -0.2) is 4.39 Å². The number of hydrogen-bond donors (Lipinski definition) is 2. The fraction of sp³-hybridized carbons (Fsp3) is 0.133. The van der Waals surface area contributed by atoms with Crippen molar-refractivity contribution in [3.05, 3.63) is 52.8 Å². The molecular formula is C15H12ClFN2O2. The summed E-state index contributed by atoms with van der Waals surface area (Å²) in [5, 5.41) is 2.77. The van der Waals surface area contributed by atoms with E-state index < -0.39 is 11.9 Å². The summed E-state index contributed by atoms with van der Waals surface area (Å²) in [7, 11) is 0. The molecule has 0 saturated carbocycles. The number of halogens is 2. The van der Waals surface area contributed by atoms with Crippen LogP contribution >= 0.6 is 11.6 Å². The van der Waals surface area contributed by atoms with Crippen molar-refractivity contribution in [2.24, 2.45) is 0 Å². The number of ether oxygens (including phenoxy) is 1. The predicted octanol–water partition coefficient (Wildman–Crippen LogP) is 3.00. The lowest BCUT2D eigenvalue weighted by molar-refractivity contribution is -0.123. The van der Waals surface area contributed by atoms with E-state index in [0.717, 1.165) is 5.56 Å². The van der Waals surface area contributed by atoms with Crippen molar-refractivity contribution in [3.63, 3.8) is 0 Å². The summed E-state index contributed by atoms with van der Waals surface area (Å²) in [6, 6.07) is 9.38. The zero-order valence-corrected chi connectivity index (χ0v) is 11.7. The van der Waals surface area contributed by atoms with Crippen LogP contribution in [0.5, 0.6) is 5.75 Å². The number of rotatable bonds is 2. The number of carbonyl (C=O) groups is 1. The van der Waals surface area contributed by atoms with Gasteiger partial charge in [0.05, 0.1) is 10.7 Å². The highest BCUT2D eigenvalue weighted by Gasteiger charge is 2.28. The number of nitrogens with two attached hydrogens (primary N) is 1. The molecule has 1 aliphatic rings. The van der Waals surface area contributed by atoms with Gasteiger partial charge in [0.2, 0.25) is 0 Å². The summed E-state index contributed by atoms with van der Waals surface area (Å²) in [6.07, 6.45) is -0.391. The number of carbonyl (C=O) groups excluding carboxylic acids is 1. The van der Waals surface area contributed by atoms with Gasteiger partial charge in [-0.1, -0.05) is 17.7 Å². The van der Waals surface area contributed by atoms with E-state index >= 15 is 0 Å². The zero-order chi connectivity index (χ0) is 15.0. The summed E-state index contributed by atoms with van der Waals surface area (Å²) in [4.78, 5) is 12.0. The van der Waals surface area contributed by atoms with Crippen molar-refractivity contribution < 1.29 is 13.9 Å². The molecule has 3 rings (SSSR count). The number of anilines is 2. The third kappa shape index (κ3) is 2.78. The Hall–Kier alpha value is -2.27. The lowest BCUT2D eigenvalue weighted by Gasteiger charge is -2.26. The van der Waals surface area contributed by atoms with Crippen LogP contribution in [0.15, 0.2) is 36.4 Å². The smallest absolute Gasteiger partial charge is 0.265 e. The highest BCUT2D eigenvalue weighted by Crippen LogP contribution is 2.32. The van der Waals surface area contributed by atoms with Gasteiger partial charge in [-0.05, 0) is 35.9 Å². The number of nitrogens with one attached hydrogen (secondary N) is 1. The van der Waals surface area contributed by atoms with E-state index in [4.69, 9.17) is 22.1 Å². The number of hydrogen-bond acceptors (Lipinski definition) is 3. The molecule has 108 valence electrons. The second-order valence-electron chi connectivity index (χ2n) is 4.80. The predicted molar refractivity (Wildman–Crippen MR) is 79.0 cm³/mol. The van der Waals surface area contributed by atoms with Crippen LogP contribution in [-0.4, -0.2) is 12.0 Å². The molecule has 0 aromatic heterocycles. The molecule has 4 nitrogen and oxygen atoms in total. The van der Waals surface area contributed by atoms with Gasteiger partial charge in [-0.3, -0.25) is 4.79 Å². The molecule has 0 bridgehead atoms. The van der Waals surface area contributed by atoms with Crippen molar-refractivity contribution in [1.29, 1.82) is 0 Å². The number of fused-ring (bicyclic) bond motifs is 1. The van der Waals surface area contributed by atoms with Gasteiger partial charge >= 0.3 is 0 Å². The van der Waals surface area contributed by atoms with E-state index in [2.05, 4.69) is 5.32 Å². The first kappa shape index (κ1) is 13.7. The summed E-state index contributed by atoms with van der Waals surface area (Å²) in [6.45, 7) is 0. The standard InChI is InChI=1S/C15H12ClFN2O2/c16-10-5-8(1-3-11(10)17)6-14-15(20)19-12-7-9(18)2-4-13(12)21-14/h1-5,7,14H,6,18H2,(H,19,20). The Morgan fingerprint density at radius 3 is 2.86 bits per heavy atom. The van der Waals surface area contributed by atoms with Crippen molar-refractivity contribution >= 4 is 28.9 Å². The van der Waals surface area contributed by atoms with Gasteiger partial charge in [0.25, 0.3) is 5.91 Å². The fourth-order valence-electron chi connectivity index (χ4n) is 2.18. The van der Waals surface area contributed by atoms with E-state index in [1.54, 1.807) is 24.3 Å². The molecule has 1 amide bonds. The van der Waals surface area contributed by atoms with Crippen molar-refractivity contribution in [2.45, 2.75) is 12.5 Å². The molecule has 0 aliphatic carbocycles. The molecule has 0 saturated heterocycles. The van der Waals surface area contributed by atoms with Gasteiger partial charge in [0.15, 0.2) is 6.10 Å². The Labute approximate surface area is 125 Å². The highest BCUT2D eigenvalue weighted by molar-refractivity contribution is 6.30. The first-order valence-electron chi connectivity index (χ1n) is 6.34. The maximum Gasteiger partial charge on any atom is 0.265 e. The molecule has 1 aliphatic heterocycles. The molecule has 6 heteroatoms. The lowest BCUT2D eigenvalue weighted by atomic mass is 10.1. The maximum atomic E-state index is 13.1. The quantitative estimate of drug-likeness (QED) is 0.838. The van der Waals surface area contributed by atoms with E-state index in [-0.39, 0.29) is 10.9 Å². The van der Waals surface area contributed by atoms with Crippen LogP contribution in [0.1, 0.15) is 5.56 Å². The second-order valence-corrected chi connectivity index (χ2v) is 5.21. The van der Waals surface area contributed by atoms with Crippen LogP contribution in [0, 0.1) is 5.82 Å². The highest BCUT2D eigenvalue weighted by atomic mass is 35.5. The minimum atomic E-state index is -0.692. The van der Waals surface area contributed by atoms with E-state index in [1.165, 1.54) is 12.1 Å². The molecule has 0 spiro atoms. The molecule has 1 unspecified atom stereocenters. The number of nitrogen functional groups attached to an aromatic ring is 1.